The molecule has 0 saturated carbocycles. The van der Waals surface area contributed by atoms with Crippen molar-refractivity contribution in [1.82, 2.24) is 0 Å². The maximum Gasteiger partial charge on any atom is 0.116 e. The van der Waals surface area contributed by atoms with Gasteiger partial charge in [0.1, 0.15) is 6.72 Å². The first-order chi connectivity index (χ1) is 4.83. The van der Waals surface area contributed by atoms with E-state index in [1.807, 2.05) is 0 Å². The molecule has 2 N–H and O–H groups in total. The molecular weight excluding hydrogens is 199 g/mol. The summed E-state index contributed by atoms with van der Waals surface area (Å²) in [6, 6.07) is 0. The van der Waals surface area contributed by atoms with Gasteiger partial charge in [0, 0.05) is 0 Å². The highest BCUT2D eigenvalue weighted by Gasteiger charge is 2.07. The van der Waals surface area contributed by atoms with Gasteiger partial charge in [-0.25, -0.2) is 0 Å². The highest BCUT2D eigenvalue weighted by Crippen LogP contribution is 2.41. The van der Waals surface area contributed by atoms with Crippen LogP contribution in [0.2, 0.25) is 0 Å². The Morgan fingerprint density at radius 1 is 1.08 bits per heavy atom. The largest absolute Gasteiger partial charge is 0.780 e. The Morgan fingerprint density at radius 2 is 1.33 bits per heavy atom. The second-order valence-electron chi connectivity index (χ2n) is 2.76. The molecule has 0 aliphatic rings. The Hall–Kier alpha value is 0.490. The van der Waals surface area contributed by atoms with Crippen molar-refractivity contribution < 1.29 is 19.4 Å². The maximum atomic E-state index is 11.2. The van der Waals surface area contributed by atoms with Crippen LogP contribution in [0.15, 0.2) is 0 Å². The minimum absolute atomic E-state index is 0. The molecule has 0 atom stereocenters. The van der Waals surface area contributed by atoms with E-state index in [2.05, 4.69) is 11.8 Å². The van der Waals surface area contributed by atoms with Crippen LogP contribution < -0.4 is 4.89 Å². The van der Waals surface area contributed by atoms with Gasteiger partial charge in [0.15, 0.2) is 0 Å². The molecule has 0 aliphatic carbocycles. The van der Waals surface area contributed by atoms with E-state index < -0.39 is 6.72 Å². The Morgan fingerprint density at radius 3 is 1.50 bits per heavy atom. The van der Waals surface area contributed by atoms with Crippen molar-refractivity contribution in [1.29, 1.82) is 0 Å². The Bertz CT molecular complexity index is 146. The fraction of sp³-hybridized carbons (Fsp3) is 1.00. The van der Waals surface area contributed by atoms with Crippen molar-refractivity contribution in [2.75, 3.05) is 0 Å². The summed E-state index contributed by atoms with van der Waals surface area (Å²) in [4.78, 5) is 11.2. The van der Waals surface area contributed by atoms with Crippen molar-refractivity contribution >= 4 is 18.5 Å². The van der Waals surface area contributed by atoms with Gasteiger partial charge in [-0.05, 0) is 27.7 Å². The summed E-state index contributed by atoms with van der Waals surface area (Å²) in [5.41, 5.74) is 0. The highest BCUT2D eigenvalue weighted by molar-refractivity contribution is 8.06. The molecule has 12 heavy (non-hydrogen) atoms. The number of hydrogen-bond donors (Lipinski definition) is 0. The second-order valence-corrected chi connectivity index (χ2v) is 5.41. The van der Waals surface area contributed by atoms with E-state index in [1.165, 1.54) is 0 Å². The minimum Gasteiger partial charge on any atom is -0.780 e. The molecule has 0 rings (SSSR count). The lowest BCUT2D eigenvalue weighted by atomic mass is 10.5. The van der Waals surface area contributed by atoms with Crippen LogP contribution in [0.25, 0.3) is 0 Å². The molecule has 0 spiro atoms. The zero-order valence-corrected chi connectivity index (χ0v) is 9.45. The molecule has 0 heterocycles. The number of hydrogen-bond acceptors (Lipinski definition) is 4. The van der Waals surface area contributed by atoms with Gasteiger partial charge < -0.3 is 19.4 Å². The van der Waals surface area contributed by atoms with Gasteiger partial charge >= 0.3 is 0 Å². The van der Waals surface area contributed by atoms with E-state index in [1.54, 1.807) is 27.7 Å². The first-order valence-corrected chi connectivity index (χ1v) is 6.07. The van der Waals surface area contributed by atoms with Gasteiger partial charge in [-0.3, -0.25) is 0 Å². The van der Waals surface area contributed by atoms with E-state index in [4.69, 9.17) is 9.05 Å². The first kappa shape index (κ1) is 15.0. The van der Waals surface area contributed by atoms with E-state index in [-0.39, 0.29) is 17.7 Å². The van der Waals surface area contributed by atoms with Crippen LogP contribution in [0.1, 0.15) is 27.7 Å². The molecule has 0 unspecified atom stereocenters. The van der Waals surface area contributed by atoms with Crippen molar-refractivity contribution in [2.45, 2.75) is 39.9 Å². The molecule has 0 amide bonds. The van der Waals surface area contributed by atoms with Crippen molar-refractivity contribution in [2.24, 2.45) is 0 Å². The summed E-state index contributed by atoms with van der Waals surface area (Å²) in [5.74, 6) is 0. The lowest BCUT2D eigenvalue weighted by molar-refractivity contribution is -0.212. The summed E-state index contributed by atoms with van der Waals surface area (Å²) in [7, 11) is 0. The van der Waals surface area contributed by atoms with Gasteiger partial charge in [-0.1, -0.05) is 11.8 Å². The van der Waals surface area contributed by atoms with Crippen LogP contribution in [-0.4, -0.2) is 17.7 Å². The normalized spacial score (nSPS) is 11.9. The number of rotatable bonds is 4. The topological polar surface area (TPSA) is 73.0 Å². The van der Waals surface area contributed by atoms with Crippen LogP contribution in [0, 0.1) is 0 Å². The average Bonchev–Trinajstić information content (AvgIpc) is 1.53. The van der Waals surface area contributed by atoms with E-state index in [9.17, 15) is 4.89 Å². The van der Waals surface area contributed by atoms with Gasteiger partial charge in [-0.15, -0.1) is 0 Å². The van der Waals surface area contributed by atoms with Crippen LogP contribution in [0.5, 0.6) is 0 Å². The van der Waals surface area contributed by atoms with Crippen LogP contribution in [-0.2, 0) is 20.9 Å². The Labute approximate surface area is 78.4 Å². The third-order valence-corrected chi connectivity index (χ3v) is 2.56. The van der Waals surface area contributed by atoms with Crippen LogP contribution >= 0.6 is 6.72 Å². The van der Waals surface area contributed by atoms with E-state index >= 15 is 0 Å². The summed E-state index contributed by atoms with van der Waals surface area (Å²) in [6.45, 7) is 3.84. The molecule has 0 fully saturated rings. The molecule has 6 heteroatoms. The van der Waals surface area contributed by atoms with Gasteiger partial charge in [0.05, 0.1) is 12.2 Å². The quantitative estimate of drug-likeness (QED) is 0.643. The van der Waals surface area contributed by atoms with Gasteiger partial charge in [-0.2, -0.15) is 0 Å². The van der Waals surface area contributed by atoms with Crippen molar-refractivity contribution in [3.63, 3.8) is 0 Å². The molecule has 0 bridgehead atoms. The fourth-order valence-corrected chi connectivity index (χ4v) is 2.66. The minimum atomic E-state index is -3.22. The first-order valence-electron chi connectivity index (χ1n) is 3.51. The second kappa shape index (κ2) is 6.02. The molecule has 0 saturated heterocycles. The zero-order chi connectivity index (χ0) is 9.07. The summed E-state index contributed by atoms with van der Waals surface area (Å²) < 4.78 is 9.79. The predicted octanol–water partition coefficient (Wildman–Crippen LogP) is 0.596. The molecule has 0 aromatic carbocycles. The third-order valence-electron chi connectivity index (χ3n) is 0.680. The maximum absolute atomic E-state index is 11.2. The summed E-state index contributed by atoms with van der Waals surface area (Å²) in [6.07, 6.45) is -0.311. The van der Waals surface area contributed by atoms with Crippen molar-refractivity contribution in [3.8, 4) is 0 Å². The lowest BCUT2D eigenvalue weighted by Crippen LogP contribution is -2.15. The fourth-order valence-electron chi connectivity index (χ4n) is 0.541. The molecule has 0 aromatic rings. The van der Waals surface area contributed by atoms with E-state index in [0.29, 0.717) is 0 Å². The molecule has 0 radical (unpaired) electrons. The standard InChI is InChI=1S/C6H15O3PS.H2O/c1-5(2)8-10(7,11)9-6(3)4;/h5-6H,1-4H3,(H,7,11);1H2/p-1. The summed E-state index contributed by atoms with van der Waals surface area (Å²) in [5, 5.41) is 0. The lowest BCUT2D eigenvalue weighted by Gasteiger charge is -2.30. The van der Waals surface area contributed by atoms with E-state index in [0.717, 1.165) is 0 Å². The van der Waals surface area contributed by atoms with Gasteiger partial charge in [0.25, 0.3) is 0 Å². The smallest absolute Gasteiger partial charge is 0.116 e. The average molecular weight is 215 g/mol. The van der Waals surface area contributed by atoms with Gasteiger partial charge in [0.2, 0.25) is 0 Å². The SMILES string of the molecule is CC(C)OP([O-])(=S)OC(C)C.O. The van der Waals surface area contributed by atoms with Crippen LogP contribution in [0.4, 0.5) is 0 Å². The zero-order valence-electron chi connectivity index (χ0n) is 7.73. The molecule has 0 aliphatic heterocycles. The highest BCUT2D eigenvalue weighted by atomic mass is 32.5. The molecular formula is C6H16O4PS-. The van der Waals surface area contributed by atoms with Crippen LogP contribution in [0.3, 0.4) is 0 Å². The summed E-state index contributed by atoms with van der Waals surface area (Å²) >= 11 is 4.61. The third kappa shape index (κ3) is 8.59. The monoisotopic (exact) mass is 215 g/mol. The molecule has 76 valence electrons. The van der Waals surface area contributed by atoms with Crippen molar-refractivity contribution in [3.05, 3.63) is 0 Å². The molecule has 0 aromatic heterocycles. The predicted molar refractivity (Wildman–Crippen MR) is 50.3 cm³/mol. The molecule has 4 nitrogen and oxygen atoms in total. The Kier molecular flexibility index (Phi) is 7.52. The Balaban J connectivity index is 0.